The van der Waals surface area contributed by atoms with Crippen LogP contribution in [0.25, 0.3) is 0 Å². The lowest BCUT2D eigenvalue weighted by molar-refractivity contribution is -0.301. The topological polar surface area (TPSA) is 175 Å². The van der Waals surface area contributed by atoms with Crippen LogP contribution in [0.2, 0.25) is 0 Å². The molecule has 1 aliphatic rings. The highest BCUT2D eigenvalue weighted by Crippen LogP contribution is 2.26. The van der Waals surface area contributed by atoms with Gasteiger partial charge in [-0.2, -0.15) is 0 Å². The molecule has 79 heavy (non-hydrogen) atoms. The van der Waals surface area contributed by atoms with E-state index in [1.165, 1.54) is 19.3 Å². The van der Waals surface area contributed by atoms with Crippen molar-refractivity contribution in [2.75, 3.05) is 13.2 Å². The van der Waals surface area contributed by atoms with Gasteiger partial charge in [0.25, 0.3) is 0 Å². The molecule has 0 amide bonds. The summed E-state index contributed by atoms with van der Waals surface area (Å²) >= 11 is 0. The number of ether oxygens (including phenoxy) is 5. The zero-order valence-electron chi connectivity index (χ0n) is 49.3. The van der Waals surface area contributed by atoms with Gasteiger partial charge in [0.05, 0.1) is 6.61 Å². The summed E-state index contributed by atoms with van der Waals surface area (Å²) in [7, 11) is 0. The fourth-order valence-electron chi connectivity index (χ4n) is 8.64. The summed E-state index contributed by atoms with van der Waals surface area (Å²) in [5, 5.41) is 31.5. The van der Waals surface area contributed by atoms with E-state index in [4.69, 9.17) is 23.7 Å². The van der Waals surface area contributed by atoms with Gasteiger partial charge < -0.3 is 39.0 Å². The molecule has 0 saturated carbocycles. The average molecular weight is 1110 g/mol. The monoisotopic (exact) mass is 1100 g/mol. The molecule has 0 radical (unpaired) electrons. The second-order valence-corrected chi connectivity index (χ2v) is 20.6. The van der Waals surface area contributed by atoms with Crippen molar-refractivity contribution in [2.24, 2.45) is 0 Å². The van der Waals surface area contributed by atoms with E-state index in [1.54, 1.807) is 0 Å². The Labute approximate surface area is 478 Å². The average Bonchev–Trinajstić information content (AvgIpc) is 3.46. The van der Waals surface area contributed by atoms with Gasteiger partial charge in [-0.05, 0) is 122 Å². The Morgan fingerprint density at radius 1 is 0.430 bits per heavy atom. The summed E-state index contributed by atoms with van der Waals surface area (Å²) in [6.07, 6.45) is 60.4. The number of carbonyl (C=O) groups excluding carboxylic acids is 3. The lowest BCUT2D eigenvalue weighted by Gasteiger charge is -2.40. The van der Waals surface area contributed by atoms with Crippen LogP contribution < -0.4 is 0 Å². The van der Waals surface area contributed by atoms with Crippen molar-refractivity contribution in [3.63, 3.8) is 0 Å². The van der Waals surface area contributed by atoms with Gasteiger partial charge in [-0.15, -0.1) is 0 Å². The first-order valence-corrected chi connectivity index (χ1v) is 30.9. The van der Waals surface area contributed by atoms with Crippen molar-refractivity contribution in [2.45, 2.75) is 276 Å². The molecule has 0 aromatic carbocycles. The van der Waals surface area contributed by atoms with Crippen LogP contribution in [0, 0.1) is 0 Å². The molecular weight excluding hydrogens is 997 g/mol. The predicted molar refractivity (Wildman–Crippen MR) is 321 cm³/mol. The number of esters is 3. The fourth-order valence-corrected chi connectivity index (χ4v) is 8.64. The Morgan fingerprint density at radius 2 is 0.797 bits per heavy atom. The summed E-state index contributed by atoms with van der Waals surface area (Å²) < 4.78 is 28.4. The lowest BCUT2D eigenvalue weighted by atomic mass is 9.98. The van der Waals surface area contributed by atoms with Gasteiger partial charge in [-0.25, -0.2) is 4.79 Å². The number of carboxylic acid groups (broad SMARTS) is 1. The van der Waals surface area contributed by atoms with E-state index in [-0.39, 0.29) is 25.9 Å². The van der Waals surface area contributed by atoms with Gasteiger partial charge in [0.1, 0.15) is 18.8 Å². The van der Waals surface area contributed by atoms with E-state index in [0.717, 1.165) is 161 Å². The minimum Gasteiger partial charge on any atom is -0.479 e. The van der Waals surface area contributed by atoms with Crippen LogP contribution in [0.4, 0.5) is 0 Å². The second kappa shape index (κ2) is 54.0. The molecule has 1 rings (SSSR count). The lowest BCUT2D eigenvalue weighted by Crippen LogP contribution is -2.61. The first-order chi connectivity index (χ1) is 38.6. The Bertz CT molecular complexity index is 1790. The predicted octanol–water partition coefficient (Wildman–Crippen LogP) is 16.2. The van der Waals surface area contributed by atoms with Gasteiger partial charge in [0.2, 0.25) is 0 Å². The minimum atomic E-state index is -1.92. The molecule has 1 fully saturated rings. The van der Waals surface area contributed by atoms with E-state index in [0.29, 0.717) is 19.3 Å². The normalized spacial score (nSPS) is 18.6. The van der Waals surface area contributed by atoms with Crippen molar-refractivity contribution in [1.82, 2.24) is 0 Å². The SMILES string of the molecule is CC/C=C\C/C=C\C/C=C\C/C=C\CCCCCCCCC(=O)OCC(COC1OC(C(=O)O)C(O)C(O)C1OC(=O)CCCCCCC/C=C\C/C=C\CCCCC)OC(=O)CCCCCCC/C=C\C/C=C\C/C=C\CC. The van der Waals surface area contributed by atoms with E-state index in [1.807, 2.05) is 0 Å². The van der Waals surface area contributed by atoms with E-state index in [2.05, 4.69) is 130 Å². The van der Waals surface area contributed by atoms with Gasteiger partial charge in [0, 0.05) is 19.3 Å². The highest BCUT2D eigenvalue weighted by atomic mass is 16.7. The Morgan fingerprint density at radius 3 is 1.22 bits per heavy atom. The maximum absolute atomic E-state index is 13.2. The first kappa shape index (κ1) is 72.4. The zero-order chi connectivity index (χ0) is 57.5. The zero-order valence-corrected chi connectivity index (χ0v) is 49.3. The molecule has 0 aromatic rings. The van der Waals surface area contributed by atoms with Crippen LogP contribution in [0.15, 0.2) is 109 Å². The number of aliphatic hydroxyl groups is 2. The molecule has 6 atom stereocenters. The quantitative estimate of drug-likeness (QED) is 0.0228. The van der Waals surface area contributed by atoms with E-state index >= 15 is 0 Å². The summed E-state index contributed by atoms with van der Waals surface area (Å²) in [5.41, 5.74) is 0. The number of unbranched alkanes of at least 4 members (excludes halogenated alkanes) is 19. The summed E-state index contributed by atoms with van der Waals surface area (Å²) in [6.45, 7) is 5.71. The van der Waals surface area contributed by atoms with Crippen molar-refractivity contribution in [3.8, 4) is 0 Å². The molecule has 6 unspecified atom stereocenters. The highest BCUT2D eigenvalue weighted by molar-refractivity contribution is 5.74. The van der Waals surface area contributed by atoms with Crippen LogP contribution in [0.3, 0.4) is 0 Å². The van der Waals surface area contributed by atoms with Crippen LogP contribution >= 0.6 is 0 Å². The molecule has 12 nitrogen and oxygen atoms in total. The van der Waals surface area contributed by atoms with Crippen LogP contribution in [-0.2, 0) is 42.9 Å². The van der Waals surface area contributed by atoms with Crippen LogP contribution in [0.5, 0.6) is 0 Å². The number of hydrogen-bond acceptors (Lipinski definition) is 11. The molecule has 0 aliphatic carbocycles. The van der Waals surface area contributed by atoms with Gasteiger partial charge in [-0.1, -0.05) is 207 Å². The van der Waals surface area contributed by atoms with Crippen molar-refractivity contribution >= 4 is 23.9 Å². The Kier molecular flexibility index (Phi) is 49.5. The summed E-state index contributed by atoms with van der Waals surface area (Å²) in [5.74, 6) is -3.19. The molecular formula is C67H108O12. The third-order valence-corrected chi connectivity index (χ3v) is 13.3. The molecule has 0 spiro atoms. The third kappa shape index (κ3) is 43.8. The second-order valence-electron chi connectivity index (χ2n) is 20.6. The smallest absolute Gasteiger partial charge is 0.335 e. The van der Waals surface area contributed by atoms with Crippen LogP contribution in [-0.4, -0.2) is 89.2 Å². The van der Waals surface area contributed by atoms with E-state index < -0.39 is 67.3 Å². The van der Waals surface area contributed by atoms with Crippen molar-refractivity contribution in [3.05, 3.63) is 109 Å². The molecule has 0 bridgehead atoms. The standard InChI is InChI=1S/C67H108O12/c1-4-7-10-13-16-19-22-25-28-29-30-31-34-35-38-41-44-47-50-53-59(68)75-56-58(77-60(69)54-51-48-45-42-39-36-32-26-23-20-17-14-11-8-5-2)57-76-67-65(63(72)62(71)64(79-67)66(73)74)78-61(70)55-52-49-46-43-40-37-33-27-24-21-18-15-12-9-6-3/h7-8,10-11,16-21,25-28,30-33,58,62-65,67,71-72H,4-6,9,12-15,22-24,29,34-57H2,1-3H3,(H,73,74)/b10-7-,11-8-,19-16-,20-17-,21-18-,28-25-,31-30-,32-26-,33-27-. The number of rotatable bonds is 51. The first-order valence-electron chi connectivity index (χ1n) is 30.9. The highest BCUT2D eigenvalue weighted by Gasteiger charge is 2.50. The number of aliphatic hydroxyl groups excluding tert-OH is 2. The number of aliphatic carboxylic acids is 1. The molecule has 12 heteroatoms. The molecule has 3 N–H and O–H groups in total. The van der Waals surface area contributed by atoms with Crippen LogP contribution in [0.1, 0.15) is 239 Å². The number of allylic oxidation sites excluding steroid dienone is 18. The maximum atomic E-state index is 13.2. The molecule has 448 valence electrons. The Hall–Kier alpha value is -4.62. The van der Waals surface area contributed by atoms with Crippen molar-refractivity contribution in [1.29, 1.82) is 0 Å². The largest absolute Gasteiger partial charge is 0.479 e. The molecule has 1 aliphatic heterocycles. The minimum absolute atomic E-state index is 0.0360. The third-order valence-electron chi connectivity index (χ3n) is 13.3. The van der Waals surface area contributed by atoms with Gasteiger partial charge in [0.15, 0.2) is 24.6 Å². The molecule has 1 heterocycles. The number of carbonyl (C=O) groups is 4. The van der Waals surface area contributed by atoms with Gasteiger partial charge >= 0.3 is 23.9 Å². The maximum Gasteiger partial charge on any atom is 0.335 e. The summed E-state index contributed by atoms with van der Waals surface area (Å²) in [4.78, 5) is 51.2. The number of carboxylic acids is 1. The fraction of sp³-hybridized carbons (Fsp3) is 0.672. The van der Waals surface area contributed by atoms with Crippen molar-refractivity contribution < 1.29 is 58.2 Å². The van der Waals surface area contributed by atoms with Gasteiger partial charge in [-0.3, -0.25) is 14.4 Å². The Balaban J connectivity index is 2.71. The molecule has 0 aromatic heterocycles. The summed E-state index contributed by atoms with van der Waals surface area (Å²) in [6, 6.07) is 0. The number of hydrogen-bond donors (Lipinski definition) is 3. The van der Waals surface area contributed by atoms with E-state index in [9.17, 15) is 34.5 Å². The molecule has 1 saturated heterocycles.